The first-order valence-corrected chi connectivity index (χ1v) is 9.52. The molecule has 1 aliphatic rings. The molecule has 27 heavy (non-hydrogen) atoms. The van der Waals surface area contributed by atoms with Crippen LogP contribution in [-0.4, -0.2) is 52.0 Å². The molecule has 0 amide bonds. The molecular weight excluding hydrogens is 391 g/mol. The number of aromatic nitrogens is 2. The first-order valence-electron chi connectivity index (χ1n) is 8.73. The summed E-state index contributed by atoms with van der Waals surface area (Å²) in [7, 11) is 0. The fraction of sp³-hybridized carbons (Fsp3) is 0.389. The molecule has 1 aromatic heterocycles. The Bertz CT molecular complexity index is 967. The molecule has 3 rings (SSSR count). The maximum Gasteiger partial charge on any atom is 0.264 e. The van der Waals surface area contributed by atoms with Crippen molar-refractivity contribution in [2.75, 3.05) is 26.2 Å². The lowest BCUT2D eigenvalue weighted by atomic mass is 10.1. The van der Waals surface area contributed by atoms with Gasteiger partial charge in [-0.25, -0.2) is 4.39 Å². The van der Waals surface area contributed by atoms with E-state index in [1.807, 2.05) is 0 Å². The first-order chi connectivity index (χ1) is 13.0. The Labute approximate surface area is 165 Å². The van der Waals surface area contributed by atoms with Gasteiger partial charge in [-0.05, 0) is 56.3 Å². The fourth-order valence-electron chi connectivity index (χ4n) is 3.06. The summed E-state index contributed by atoms with van der Waals surface area (Å²) in [5.41, 5.74) is -0.213. The molecule has 0 aliphatic carbocycles. The van der Waals surface area contributed by atoms with Crippen molar-refractivity contribution in [3.05, 3.63) is 49.7 Å². The number of nitrogens with zero attached hydrogens (tertiary/aromatic N) is 3. The molecule has 9 heteroatoms. The summed E-state index contributed by atoms with van der Waals surface area (Å²) in [5.74, 6) is -0.955. The number of H-pyrrole nitrogens is 1. The van der Waals surface area contributed by atoms with Crippen molar-refractivity contribution in [1.29, 1.82) is 0 Å². The molecule has 0 bridgehead atoms. The Hall–Kier alpha value is -2.03. The molecule has 6 nitrogen and oxygen atoms in total. The Balaban J connectivity index is 1.85. The summed E-state index contributed by atoms with van der Waals surface area (Å²) in [6, 6.07) is 3.89. The highest BCUT2D eigenvalue weighted by Gasteiger charge is 2.14. The highest BCUT2D eigenvalue weighted by Crippen LogP contribution is 2.23. The van der Waals surface area contributed by atoms with Crippen molar-refractivity contribution >= 4 is 30.0 Å². The number of hydrogen-bond donors (Lipinski definition) is 2. The van der Waals surface area contributed by atoms with Crippen LogP contribution < -0.4 is 5.56 Å². The predicted octanol–water partition coefficient (Wildman–Crippen LogP) is 3.30. The molecule has 1 fully saturated rings. The number of likely N-dealkylation sites (tertiary alicyclic amines) is 1. The maximum absolute atomic E-state index is 13.4. The summed E-state index contributed by atoms with van der Waals surface area (Å²) < 4.78 is 14.6. The summed E-state index contributed by atoms with van der Waals surface area (Å²) in [5, 5.41) is 10.4. The van der Waals surface area contributed by atoms with E-state index in [1.165, 1.54) is 42.2 Å². The predicted molar refractivity (Wildman–Crippen MR) is 107 cm³/mol. The molecule has 144 valence electrons. The van der Waals surface area contributed by atoms with E-state index < -0.39 is 11.4 Å². The Morgan fingerprint density at radius 3 is 2.78 bits per heavy atom. The van der Waals surface area contributed by atoms with Crippen molar-refractivity contribution in [2.24, 2.45) is 4.99 Å². The molecule has 0 saturated carbocycles. The van der Waals surface area contributed by atoms with Gasteiger partial charge in [0.25, 0.3) is 5.56 Å². The van der Waals surface area contributed by atoms with Gasteiger partial charge in [0.2, 0.25) is 5.88 Å². The van der Waals surface area contributed by atoms with E-state index >= 15 is 0 Å². The average Bonchev–Trinajstić information content (AvgIpc) is 2.64. The largest absolute Gasteiger partial charge is 0.494 e. The van der Waals surface area contributed by atoms with E-state index in [0.717, 1.165) is 25.7 Å². The van der Waals surface area contributed by atoms with Crippen LogP contribution in [0.1, 0.15) is 24.8 Å². The molecule has 0 spiro atoms. The monoisotopic (exact) mass is 410 g/mol. The topological polar surface area (TPSA) is 73.6 Å². The van der Waals surface area contributed by atoms with Crippen molar-refractivity contribution < 1.29 is 9.50 Å². The molecule has 2 N–H and O–H groups in total. The second-order valence-electron chi connectivity index (χ2n) is 6.37. The standard InChI is InChI=1S/C18H20ClFN4O2S/c19-14-10-12(4-5-15(14)20)24-17(26)13(16(25)22-18(24)27)11-21-6-9-23-7-2-1-3-8-23/h4-5,10-11,26H,1-3,6-9H2,(H,22,25,27). The van der Waals surface area contributed by atoms with E-state index in [0.29, 0.717) is 12.2 Å². The van der Waals surface area contributed by atoms with Gasteiger partial charge in [-0.15, -0.1) is 0 Å². The van der Waals surface area contributed by atoms with Crippen LogP contribution in [0, 0.1) is 10.6 Å². The van der Waals surface area contributed by atoms with Crippen LogP contribution in [0.3, 0.4) is 0 Å². The zero-order valence-electron chi connectivity index (χ0n) is 14.6. The van der Waals surface area contributed by atoms with Crippen LogP contribution in [0.25, 0.3) is 5.69 Å². The number of hydrogen-bond acceptors (Lipinski definition) is 5. The molecule has 1 aliphatic heterocycles. The number of nitrogens with one attached hydrogen (secondary N) is 1. The van der Waals surface area contributed by atoms with Crippen molar-refractivity contribution in [1.82, 2.24) is 14.5 Å². The number of aromatic amines is 1. The number of piperidine rings is 1. The highest BCUT2D eigenvalue weighted by molar-refractivity contribution is 7.71. The molecule has 0 atom stereocenters. The molecule has 0 radical (unpaired) electrons. The average molecular weight is 411 g/mol. The van der Waals surface area contributed by atoms with Gasteiger partial charge in [0, 0.05) is 12.8 Å². The van der Waals surface area contributed by atoms with Gasteiger partial charge in [0.15, 0.2) is 4.77 Å². The molecule has 1 aromatic carbocycles. The first kappa shape index (κ1) is 19.7. The highest BCUT2D eigenvalue weighted by atomic mass is 35.5. The van der Waals surface area contributed by atoms with Crippen molar-refractivity contribution in [3.8, 4) is 11.6 Å². The lowest BCUT2D eigenvalue weighted by Crippen LogP contribution is -2.31. The number of aromatic hydroxyl groups is 1. The van der Waals surface area contributed by atoms with E-state index in [2.05, 4.69) is 14.9 Å². The Morgan fingerprint density at radius 1 is 1.33 bits per heavy atom. The third kappa shape index (κ3) is 4.63. The van der Waals surface area contributed by atoms with Crippen LogP contribution in [-0.2, 0) is 0 Å². The summed E-state index contributed by atoms with van der Waals surface area (Å²) in [6.45, 7) is 3.47. The van der Waals surface area contributed by atoms with Crippen molar-refractivity contribution in [2.45, 2.75) is 19.3 Å². The van der Waals surface area contributed by atoms with Gasteiger partial charge in [-0.1, -0.05) is 18.0 Å². The van der Waals surface area contributed by atoms with Crippen LogP contribution >= 0.6 is 23.8 Å². The smallest absolute Gasteiger partial charge is 0.264 e. The lowest BCUT2D eigenvalue weighted by molar-refractivity contribution is 0.235. The third-order valence-electron chi connectivity index (χ3n) is 4.50. The van der Waals surface area contributed by atoms with E-state index in [4.69, 9.17) is 23.8 Å². The number of rotatable bonds is 5. The number of benzene rings is 1. The van der Waals surface area contributed by atoms with Gasteiger partial charge in [0.05, 0.1) is 17.3 Å². The number of halogens is 2. The van der Waals surface area contributed by atoms with Crippen LogP contribution in [0.4, 0.5) is 4.39 Å². The zero-order valence-corrected chi connectivity index (χ0v) is 16.2. The summed E-state index contributed by atoms with van der Waals surface area (Å²) in [6.07, 6.45) is 5.01. The second kappa shape index (κ2) is 8.77. The van der Waals surface area contributed by atoms with Crippen LogP contribution in [0.5, 0.6) is 5.88 Å². The van der Waals surface area contributed by atoms with Gasteiger partial charge in [0.1, 0.15) is 11.4 Å². The molecule has 2 aromatic rings. The minimum atomic E-state index is -0.588. The molecular formula is C18H20ClFN4O2S. The quantitative estimate of drug-likeness (QED) is 0.586. The second-order valence-corrected chi connectivity index (χ2v) is 7.16. The van der Waals surface area contributed by atoms with Crippen LogP contribution in [0.15, 0.2) is 28.0 Å². The number of aliphatic imine (C=N–C) groups is 1. The van der Waals surface area contributed by atoms with Gasteiger partial charge in [-0.2, -0.15) is 0 Å². The van der Waals surface area contributed by atoms with Crippen LogP contribution in [0.2, 0.25) is 5.02 Å². The third-order valence-corrected chi connectivity index (χ3v) is 5.07. The SMILES string of the molecule is O=c1[nH]c(=S)n(-c2ccc(F)c(Cl)c2)c(O)c1C=NCCN1CCCCC1. The Kier molecular flexibility index (Phi) is 6.41. The normalized spacial score (nSPS) is 15.5. The Morgan fingerprint density at radius 2 is 2.07 bits per heavy atom. The van der Waals surface area contributed by atoms with Gasteiger partial charge < -0.3 is 10.0 Å². The summed E-state index contributed by atoms with van der Waals surface area (Å²) >= 11 is 10.9. The summed E-state index contributed by atoms with van der Waals surface area (Å²) in [4.78, 5) is 21.3. The molecule has 1 saturated heterocycles. The van der Waals surface area contributed by atoms with Gasteiger partial charge in [-0.3, -0.25) is 19.3 Å². The molecule has 2 heterocycles. The maximum atomic E-state index is 13.4. The minimum absolute atomic E-state index is 0.0114. The lowest BCUT2D eigenvalue weighted by Gasteiger charge is -2.25. The van der Waals surface area contributed by atoms with E-state index in [1.54, 1.807) is 0 Å². The molecule has 0 unspecified atom stereocenters. The van der Waals surface area contributed by atoms with E-state index in [-0.39, 0.29) is 21.2 Å². The van der Waals surface area contributed by atoms with E-state index in [9.17, 15) is 14.3 Å². The minimum Gasteiger partial charge on any atom is -0.494 e. The fourth-order valence-corrected chi connectivity index (χ4v) is 3.52. The van der Waals surface area contributed by atoms with Crippen molar-refractivity contribution in [3.63, 3.8) is 0 Å². The van der Waals surface area contributed by atoms with Gasteiger partial charge >= 0.3 is 0 Å². The zero-order chi connectivity index (χ0) is 19.4.